The second kappa shape index (κ2) is 8.96. The fraction of sp³-hybridized carbons (Fsp3) is 0.194. The van der Waals surface area contributed by atoms with E-state index in [0.29, 0.717) is 0 Å². The Bertz CT molecular complexity index is 1310. The van der Waals surface area contributed by atoms with E-state index < -0.39 is 0 Å². The fourth-order valence-electron chi connectivity index (χ4n) is 4.65. The third-order valence-corrected chi connectivity index (χ3v) is 6.36. The van der Waals surface area contributed by atoms with Crippen LogP contribution in [0.25, 0.3) is 33.5 Å². The predicted molar refractivity (Wildman–Crippen MR) is 138 cm³/mol. The van der Waals surface area contributed by atoms with Crippen LogP contribution < -0.4 is 0 Å². The van der Waals surface area contributed by atoms with Crippen molar-refractivity contribution in [2.45, 2.75) is 41.0 Å². The quantitative estimate of drug-likeness (QED) is 0.263. The SMILES string of the molecule is C=CC.Cc1ccc(-c2cc(C)c3c(c2)-c2cccc(C)c2C3)cc1-c1ncccc1C. The van der Waals surface area contributed by atoms with Crippen LogP contribution in [0, 0.1) is 27.7 Å². The van der Waals surface area contributed by atoms with Gasteiger partial charge in [-0.15, -0.1) is 6.58 Å². The number of benzene rings is 3. The van der Waals surface area contributed by atoms with Gasteiger partial charge in [-0.2, -0.15) is 0 Å². The lowest BCUT2D eigenvalue weighted by Crippen LogP contribution is -1.93. The second-order valence-corrected chi connectivity index (χ2v) is 8.70. The second-order valence-electron chi connectivity index (χ2n) is 8.70. The Labute approximate surface area is 192 Å². The highest BCUT2D eigenvalue weighted by Gasteiger charge is 2.22. The number of pyridine rings is 1. The van der Waals surface area contributed by atoms with Crippen LogP contribution in [-0.4, -0.2) is 4.98 Å². The Balaban J connectivity index is 0.000000775. The van der Waals surface area contributed by atoms with Crippen molar-refractivity contribution >= 4 is 0 Å². The summed E-state index contributed by atoms with van der Waals surface area (Å²) in [7, 11) is 0. The third kappa shape index (κ3) is 3.91. The molecule has 0 N–H and O–H groups in total. The maximum Gasteiger partial charge on any atom is 0.0733 e. The molecule has 3 aromatic carbocycles. The number of aryl methyl sites for hydroxylation is 4. The van der Waals surface area contributed by atoms with Crippen LogP contribution >= 0.6 is 0 Å². The van der Waals surface area contributed by atoms with E-state index in [1.165, 1.54) is 61.2 Å². The molecule has 0 atom stereocenters. The number of allylic oxidation sites excluding steroid dienone is 1. The fourth-order valence-corrected chi connectivity index (χ4v) is 4.65. The van der Waals surface area contributed by atoms with Gasteiger partial charge in [-0.25, -0.2) is 0 Å². The van der Waals surface area contributed by atoms with E-state index in [2.05, 4.69) is 93.9 Å². The summed E-state index contributed by atoms with van der Waals surface area (Å²) in [5, 5.41) is 0. The molecule has 160 valence electrons. The largest absolute Gasteiger partial charge is 0.256 e. The first-order chi connectivity index (χ1) is 15.4. The van der Waals surface area contributed by atoms with Crippen molar-refractivity contribution < 1.29 is 0 Å². The van der Waals surface area contributed by atoms with E-state index in [1.54, 1.807) is 6.08 Å². The first-order valence-electron chi connectivity index (χ1n) is 11.3. The smallest absolute Gasteiger partial charge is 0.0733 e. The van der Waals surface area contributed by atoms with Gasteiger partial charge in [0.1, 0.15) is 0 Å². The molecule has 0 unspecified atom stereocenters. The first kappa shape index (κ1) is 21.8. The average Bonchev–Trinajstić information content (AvgIpc) is 3.16. The van der Waals surface area contributed by atoms with Gasteiger partial charge in [-0.1, -0.05) is 48.5 Å². The third-order valence-electron chi connectivity index (χ3n) is 6.36. The van der Waals surface area contributed by atoms with Gasteiger partial charge in [-0.05, 0) is 115 Å². The maximum absolute atomic E-state index is 4.66. The molecule has 0 radical (unpaired) electrons. The lowest BCUT2D eigenvalue weighted by molar-refractivity contribution is 1.19. The summed E-state index contributed by atoms with van der Waals surface area (Å²) in [5.41, 5.74) is 15.8. The highest BCUT2D eigenvalue weighted by molar-refractivity contribution is 5.84. The highest BCUT2D eigenvalue weighted by Crippen LogP contribution is 2.42. The van der Waals surface area contributed by atoms with E-state index in [1.807, 2.05) is 19.2 Å². The van der Waals surface area contributed by atoms with Crippen molar-refractivity contribution in [3.8, 4) is 33.5 Å². The topological polar surface area (TPSA) is 12.9 Å². The summed E-state index contributed by atoms with van der Waals surface area (Å²) >= 11 is 0. The van der Waals surface area contributed by atoms with E-state index in [4.69, 9.17) is 0 Å². The molecule has 1 heteroatoms. The van der Waals surface area contributed by atoms with Crippen LogP contribution in [0.15, 0.2) is 79.5 Å². The Hall–Kier alpha value is -3.45. The molecule has 1 nitrogen and oxygen atoms in total. The Morgan fingerprint density at radius 1 is 0.688 bits per heavy atom. The Kier molecular flexibility index (Phi) is 6.10. The summed E-state index contributed by atoms with van der Waals surface area (Å²) < 4.78 is 0. The van der Waals surface area contributed by atoms with E-state index in [-0.39, 0.29) is 0 Å². The minimum absolute atomic E-state index is 1.05. The van der Waals surface area contributed by atoms with Crippen molar-refractivity contribution in [2.75, 3.05) is 0 Å². The van der Waals surface area contributed by atoms with Crippen LogP contribution in [0.4, 0.5) is 0 Å². The predicted octanol–water partition coefficient (Wildman–Crippen LogP) is 8.41. The van der Waals surface area contributed by atoms with Crippen molar-refractivity contribution in [1.29, 1.82) is 0 Å². The highest BCUT2D eigenvalue weighted by atomic mass is 14.7. The molecule has 1 aliphatic carbocycles. The lowest BCUT2D eigenvalue weighted by Gasteiger charge is -2.13. The number of fused-ring (bicyclic) bond motifs is 3. The van der Waals surface area contributed by atoms with Crippen LogP contribution in [0.3, 0.4) is 0 Å². The molecule has 0 spiro atoms. The van der Waals surface area contributed by atoms with E-state index in [9.17, 15) is 0 Å². The van der Waals surface area contributed by atoms with Gasteiger partial charge in [0, 0.05) is 11.8 Å². The standard InChI is InChI=1S/C28H25N.C3H6/c1-17-7-5-9-23-24(17)16-25-20(4)13-22(15-27(23)25)21-11-10-18(2)26(14-21)28-19(3)8-6-12-29-28;1-3-2/h5-15H,16H2,1-4H3;3H,1H2,2H3. The molecule has 0 saturated carbocycles. The number of aromatic nitrogens is 1. The molecule has 4 aromatic rings. The van der Waals surface area contributed by atoms with Crippen LogP contribution in [-0.2, 0) is 6.42 Å². The zero-order valence-electron chi connectivity index (χ0n) is 19.8. The van der Waals surface area contributed by atoms with Gasteiger partial charge in [0.2, 0.25) is 0 Å². The molecule has 0 amide bonds. The molecule has 0 saturated heterocycles. The summed E-state index contributed by atoms with van der Waals surface area (Å²) in [5.74, 6) is 0. The molecule has 0 bridgehead atoms. The molecular weight excluding hydrogens is 386 g/mol. The monoisotopic (exact) mass is 417 g/mol. The van der Waals surface area contributed by atoms with Gasteiger partial charge in [0.15, 0.2) is 0 Å². The van der Waals surface area contributed by atoms with Gasteiger partial charge >= 0.3 is 0 Å². The van der Waals surface area contributed by atoms with Crippen LogP contribution in [0.1, 0.15) is 40.3 Å². The molecular formula is C31H31N. The summed E-state index contributed by atoms with van der Waals surface area (Å²) in [6.45, 7) is 14.0. The number of hydrogen-bond acceptors (Lipinski definition) is 1. The van der Waals surface area contributed by atoms with Crippen LogP contribution in [0.5, 0.6) is 0 Å². The molecule has 1 heterocycles. The zero-order chi connectivity index (χ0) is 22.8. The van der Waals surface area contributed by atoms with Gasteiger partial charge < -0.3 is 0 Å². The molecule has 1 aromatic heterocycles. The van der Waals surface area contributed by atoms with Gasteiger partial charge in [-0.3, -0.25) is 4.98 Å². The summed E-state index contributed by atoms with van der Waals surface area (Å²) in [4.78, 5) is 4.66. The summed E-state index contributed by atoms with van der Waals surface area (Å²) in [6, 6.07) is 22.3. The van der Waals surface area contributed by atoms with Crippen LogP contribution in [0.2, 0.25) is 0 Å². The van der Waals surface area contributed by atoms with Gasteiger partial charge in [0.25, 0.3) is 0 Å². The van der Waals surface area contributed by atoms with Crippen molar-refractivity contribution in [1.82, 2.24) is 4.98 Å². The minimum atomic E-state index is 1.05. The Morgan fingerprint density at radius 3 is 2.12 bits per heavy atom. The first-order valence-corrected chi connectivity index (χ1v) is 11.3. The van der Waals surface area contributed by atoms with Gasteiger partial charge in [0.05, 0.1) is 5.69 Å². The molecule has 32 heavy (non-hydrogen) atoms. The zero-order valence-corrected chi connectivity index (χ0v) is 19.8. The number of nitrogens with zero attached hydrogens (tertiary/aromatic N) is 1. The molecule has 5 rings (SSSR count). The molecule has 0 aliphatic heterocycles. The number of hydrogen-bond donors (Lipinski definition) is 0. The lowest BCUT2D eigenvalue weighted by atomic mass is 9.92. The van der Waals surface area contributed by atoms with Crippen molar-refractivity contribution in [3.05, 3.63) is 113 Å². The van der Waals surface area contributed by atoms with E-state index in [0.717, 1.165) is 12.1 Å². The molecule has 0 fully saturated rings. The average molecular weight is 418 g/mol. The minimum Gasteiger partial charge on any atom is -0.256 e. The van der Waals surface area contributed by atoms with Crippen molar-refractivity contribution in [3.63, 3.8) is 0 Å². The molecule has 1 aliphatic rings. The summed E-state index contributed by atoms with van der Waals surface area (Å²) in [6.07, 6.45) is 4.68. The maximum atomic E-state index is 4.66. The normalized spacial score (nSPS) is 11.3. The van der Waals surface area contributed by atoms with Crippen molar-refractivity contribution in [2.24, 2.45) is 0 Å². The van der Waals surface area contributed by atoms with E-state index >= 15 is 0 Å². The Morgan fingerprint density at radius 2 is 1.38 bits per heavy atom. The number of rotatable bonds is 2.